The molecule has 0 radical (unpaired) electrons. The van der Waals surface area contributed by atoms with Gasteiger partial charge >= 0.3 is 0 Å². The van der Waals surface area contributed by atoms with Crippen LogP contribution in [0.1, 0.15) is 30.9 Å². The van der Waals surface area contributed by atoms with E-state index in [1.807, 2.05) is 31.2 Å². The van der Waals surface area contributed by atoms with Crippen molar-refractivity contribution in [3.05, 3.63) is 56.5 Å². The largest absolute Gasteiger partial charge is 0.483 e. The molecule has 2 aromatic carbocycles. The maximum atomic E-state index is 11.9. The van der Waals surface area contributed by atoms with E-state index in [9.17, 15) is 9.59 Å². The molecule has 0 atom stereocenters. The lowest BCUT2D eigenvalue weighted by Gasteiger charge is -2.12. The molecule has 0 saturated carbocycles. The third-order valence-corrected chi connectivity index (χ3v) is 4.93. The Morgan fingerprint density at radius 1 is 0.929 bits per heavy atom. The fraction of sp³-hybridized carbons (Fsp3) is 0.300. The molecule has 28 heavy (non-hydrogen) atoms. The molecule has 0 aliphatic carbocycles. The number of nitrogens with one attached hydrogen (secondary N) is 2. The minimum atomic E-state index is -0.479. The van der Waals surface area contributed by atoms with E-state index in [0.29, 0.717) is 17.4 Å². The molecule has 150 valence electrons. The van der Waals surface area contributed by atoms with Gasteiger partial charge in [0.05, 0.1) is 4.47 Å². The van der Waals surface area contributed by atoms with Crippen LogP contribution in [0.15, 0.2) is 45.3 Å². The second kappa shape index (κ2) is 10.5. The van der Waals surface area contributed by atoms with Crippen molar-refractivity contribution in [1.29, 1.82) is 0 Å². The first-order chi connectivity index (χ1) is 13.3. The van der Waals surface area contributed by atoms with Gasteiger partial charge in [-0.05, 0) is 70.2 Å². The normalized spacial score (nSPS) is 10.5. The van der Waals surface area contributed by atoms with Crippen molar-refractivity contribution in [2.75, 3.05) is 13.2 Å². The van der Waals surface area contributed by atoms with Crippen LogP contribution >= 0.6 is 31.9 Å². The third kappa shape index (κ3) is 6.83. The van der Waals surface area contributed by atoms with Gasteiger partial charge in [0.25, 0.3) is 11.8 Å². The van der Waals surface area contributed by atoms with E-state index < -0.39 is 11.8 Å². The zero-order valence-corrected chi connectivity index (χ0v) is 19.0. The number of hydrogen-bond acceptors (Lipinski definition) is 4. The third-order valence-electron chi connectivity index (χ3n) is 3.82. The van der Waals surface area contributed by atoms with E-state index in [0.717, 1.165) is 20.1 Å². The van der Waals surface area contributed by atoms with Crippen molar-refractivity contribution >= 4 is 43.7 Å². The first kappa shape index (κ1) is 22.2. The summed E-state index contributed by atoms with van der Waals surface area (Å²) in [5, 5.41) is 0. The number of rotatable bonds is 7. The average Bonchev–Trinajstić information content (AvgIpc) is 2.64. The summed E-state index contributed by atoms with van der Waals surface area (Å²) in [6, 6.07) is 11.2. The predicted octanol–water partition coefficient (Wildman–Crippen LogP) is 4.25. The highest BCUT2D eigenvalue weighted by atomic mass is 79.9. The summed E-state index contributed by atoms with van der Waals surface area (Å²) in [5.74, 6) is 0.598. The Bertz CT molecular complexity index is 856. The fourth-order valence-corrected chi connectivity index (χ4v) is 3.25. The van der Waals surface area contributed by atoms with Crippen LogP contribution in [-0.2, 0) is 9.59 Å². The van der Waals surface area contributed by atoms with E-state index in [1.54, 1.807) is 12.1 Å². The summed E-state index contributed by atoms with van der Waals surface area (Å²) in [7, 11) is 0. The van der Waals surface area contributed by atoms with Crippen LogP contribution in [0.3, 0.4) is 0 Å². The van der Waals surface area contributed by atoms with Crippen molar-refractivity contribution in [3.8, 4) is 11.5 Å². The second-order valence-electron chi connectivity index (χ2n) is 6.43. The van der Waals surface area contributed by atoms with Crippen LogP contribution in [0.4, 0.5) is 0 Å². The average molecular weight is 514 g/mol. The fourth-order valence-electron chi connectivity index (χ4n) is 2.27. The Morgan fingerprint density at radius 3 is 2.04 bits per heavy atom. The summed E-state index contributed by atoms with van der Waals surface area (Å²) < 4.78 is 12.6. The van der Waals surface area contributed by atoms with Crippen LogP contribution in [-0.4, -0.2) is 25.0 Å². The lowest BCUT2D eigenvalue weighted by atomic mass is 10.0. The summed E-state index contributed by atoms with van der Waals surface area (Å²) in [5.41, 5.74) is 6.65. The first-order valence-electron chi connectivity index (χ1n) is 8.65. The lowest BCUT2D eigenvalue weighted by molar-refractivity contribution is -0.131. The molecule has 0 bridgehead atoms. The number of halogens is 2. The minimum Gasteiger partial charge on any atom is -0.483 e. The molecule has 2 N–H and O–H groups in total. The van der Waals surface area contributed by atoms with Crippen molar-refractivity contribution in [1.82, 2.24) is 10.9 Å². The molecular formula is C20H22Br2N2O4. The molecule has 0 heterocycles. The van der Waals surface area contributed by atoms with Gasteiger partial charge in [-0.1, -0.05) is 35.8 Å². The van der Waals surface area contributed by atoms with Gasteiger partial charge in [0.2, 0.25) is 0 Å². The Balaban J connectivity index is 1.74. The quantitative estimate of drug-likeness (QED) is 0.542. The maximum Gasteiger partial charge on any atom is 0.276 e. The summed E-state index contributed by atoms with van der Waals surface area (Å²) in [6.45, 7) is 5.63. The van der Waals surface area contributed by atoms with Crippen LogP contribution in [0.25, 0.3) is 0 Å². The SMILES string of the molecule is Cc1cc(Br)ccc1OCC(=O)NNC(=O)COc1ccc(C(C)C)cc1Br. The molecule has 0 unspecified atom stereocenters. The van der Waals surface area contributed by atoms with Gasteiger partial charge in [0, 0.05) is 4.47 Å². The van der Waals surface area contributed by atoms with Crippen LogP contribution in [0, 0.1) is 6.92 Å². The summed E-state index contributed by atoms with van der Waals surface area (Å²) >= 11 is 6.80. The molecule has 0 spiro atoms. The Hall–Kier alpha value is -2.06. The van der Waals surface area contributed by atoms with Gasteiger partial charge < -0.3 is 9.47 Å². The molecule has 0 aromatic heterocycles. The minimum absolute atomic E-state index is 0.216. The van der Waals surface area contributed by atoms with Crippen LogP contribution in [0.2, 0.25) is 0 Å². The van der Waals surface area contributed by atoms with Gasteiger partial charge in [0.15, 0.2) is 13.2 Å². The van der Waals surface area contributed by atoms with Gasteiger partial charge in [-0.25, -0.2) is 0 Å². The highest BCUT2D eigenvalue weighted by Crippen LogP contribution is 2.28. The summed E-state index contributed by atoms with van der Waals surface area (Å²) in [6.07, 6.45) is 0. The Morgan fingerprint density at radius 2 is 1.50 bits per heavy atom. The molecular weight excluding hydrogens is 492 g/mol. The monoisotopic (exact) mass is 512 g/mol. The Labute approximate surface area is 181 Å². The number of hydrazine groups is 1. The molecule has 2 aromatic rings. The molecule has 0 saturated heterocycles. The van der Waals surface area contributed by atoms with Crippen molar-refractivity contribution in [2.45, 2.75) is 26.7 Å². The number of aryl methyl sites for hydroxylation is 1. The van der Waals surface area contributed by atoms with E-state index in [4.69, 9.17) is 9.47 Å². The molecule has 8 heteroatoms. The molecule has 0 fully saturated rings. The van der Waals surface area contributed by atoms with Crippen LogP contribution < -0.4 is 20.3 Å². The molecule has 2 amide bonds. The lowest BCUT2D eigenvalue weighted by Crippen LogP contribution is -2.45. The van der Waals surface area contributed by atoms with Gasteiger partial charge in [0.1, 0.15) is 11.5 Å². The topological polar surface area (TPSA) is 76.7 Å². The van der Waals surface area contributed by atoms with Crippen LogP contribution in [0.5, 0.6) is 11.5 Å². The second-order valence-corrected chi connectivity index (χ2v) is 8.20. The Kier molecular flexibility index (Phi) is 8.32. The number of carbonyl (C=O) groups is 2. The van der Waals surface area contributed by atoms with E-state index in [2.05, 4.69) is 56.6 Å². The predicted molar refractivity (Wildman–Crippen MR) is 114 cm³/mol. The zero-order chi connectivity index (χ0) is 20.7. The van der Waals surface area contributed by atoms with Crippen molar-refractivity contribution < 1.29 is 19.1 Å². The molecule has 0 aliphatic rings. The highest BCUT2D eigenvalue weighted by molar-refractivity contribution is 9.10. The number of benzene rings is 2. The smallest absolute Gasteiger partial charge is 0.276 e. The molecule has 2 rings (SSSR count). The van der Waals surface area contributed by atoms with Crippen molar-refractivity contribution in [2.24, 2.45) is 0 Å². The summed E-state index contributed by atoms with van der Waals surface area (Å²) in [4.78, 5) is 23.7. The maximum absolute atomic E-state index is 11.9. The number of ether oxygens (including phenoxy) is 2. The van der Waals surface area contributed by atoms with E-state index >= 15 is 0 Å². The van der Waals surface area contributed by atoms with Gasteiger partial charge in [-0.15, -0.1) is 0 Å². The highest BCUT2D eigenvalue weighted by Gasteiger charge is 2.10. The zero-order valence-electron chi connectivity index (χ0n) is 15.8. The van der Waals surface area contributed by atoms with Gasteiger partial charge in [-0.3, -0.25) is 20.4 Å². The number of hydrogen-bond donors (Lipinski definition) is 2. The molecule has 0 aliphatic heterocycles. The molecule has 6 nitrogen and oxygen atoms in total. The van der Waals surface area contributed by atoms with E-state index in [-0.39, 0.29) is 13.2 Å². The van der Waals surface area contributed by atoms with Crippen molar-refractivity contribution in [3.63, 3.8) is 0 Å². The van der Waals surface area contributed by atoms with Gasteiger partial charge in [-0.2, -0.15) is 0 Å². The standard InChI is InChI=1S/C20H22Br2N2O4/c1-12(2)14-4-6-18(16(22)9-14)28-11-20(26)24-23-19(25)10-27-17-7-5-15(21)8-13(17)3/h4-9,12H,10-11H2,1-3H3,(H,23,25)(H,24,26). The number of amides is 2. The first-order valence-corrected chi connectivity index (χ1v) is 10.2. The number of carbonyl (C=O) groups excluding carboxylic acids is 2. The van der Waals surface area contributed by atoms with E-state index in [1.165, 1.54) is 0 Å².